The van der Waals surface area contributed by atoms with Crippen molar-refractivity contribution in [3.63, 3.8) is 0 Å². The van der Waals surface area contributed by atoms with Crippen LogP contribution in [-0.2, 0) is 14.2 Å². The van der Waals surface area contributed by atoms with Crippen molar-refractivity contribution >= 4 is 25.7 Å². The molecule has 0 N–H and O–H groups in total. The van der Waals surface area contributed by atoms with E-state index in [1.165, 1.54) is 134 Å². The van der Waals surface area contributed by atoms with Crippen molar-refractivity contribution in [3.8, 4) is 0 Å². The zero-order valence-electron chi connectivity index (χ0n) is 22.3. The van der Waals surface area contributed by atoms with Gasteiger partial charge in [-0.2, -0.15) is 0 Å². The summed E-state index contributed by atoms with van der Waals surface area (Å²) in [7, 11) is 2.28. The number of unbranched alkanes of at least 4 members (excludes halogenated alkanes) is 15. The maximum absolute atomic E-state index is 6.26. The maximum Gasteiger partial charge on any atom is 0.180 e. The van der Waals surface area contributed by atoms with Gasteiger partial charge in [-0.25, -0.2) is 0 Å². The monoisotopic (exact) mass is 522 g/mol. The zero-order valence-corrected chi connectivity index (χ0v) is 25.3. The van der Waals surface area contributed by atoms with Crippen LogP contribution in [-0.4, -0.2) is 36.6 Å². The average Bonchev–Trinajstić information content (AvgIpc) is 2.82. The summed E-state index contributed by atoms with van der Waals surface area (Å²) in [4.78, 5) is 0. The summed E-state index contributed by atoms with van der Waals surface area (Å²) in [5.74, 6) is 0. The van der Waals surface area contributed by atoms with Gasteiger partial charge >= 0.3 is 0 Å². The first-order chi connectivity index (χ1) is 16.3. The molecule has 0 radical (unpaired) electrons. The first kappa shape index (κ1) is 32.2. The van der Waals surface area contributed by atoms with Gasteiger partial charge < -0.3 is 14.2 Å². The second-order valence-corrected chi connectivity index (χ2v) is 13.7. The highest BCUT2D eigenvalue weighted by molar-refractivity contribution is 7.40. The van der Waals surface area contributed by atoms with Crippen LogP contribution in [0.25, 0.3) is 0 Å². The Morgan fingerprint density at radius 3 is 0.879 bits per heavy atom. The fourth-order valence-electron chi connectivity index (χ4n) is 4.10. The Hall–Kier alpha value is 1.17. The van der Waals surface area contributed by atoms with E-state index in [1.54, 1.807) is 0 Å². The minimum absolute atomic E-state index is 0.0153. The highest BCUT2D eigenvalue weighted by Crippen LogP contribution is 2.41. The van der Waals surface area contributed by atoms with E-state index in [0.717, 1.165) is 25.7 Å². The van der Waals surface area contributed by atoms with Crippen molar-refractivity contribution in [1.29, 1.82) is 0 Å². The van der Waals surface area contributed by atoms with Crippen molar-refractivity contribution in [2.24, 2.45) is 0 Å². The summed E-state index contributed by atoms with van der Waals surface area (Å²) in [5.41, 5.74) is 0. The lowest BCUT2D eigenvalue weighted by molar-refractivity contribution is -0.300. The van der Waals surface area contributed by atoms with Crippen molar-refractivity contribution < 1.29 is 14.2 Å². The van der Waals surface area contributed by atoms with Crippen LogP contribution in [0.1, 0.15) is 136 Å². The quantitative estimate of drug-likeness (QED) is 0.0932. The second-order valence-electron chi connectivity index (χ2n) is 9.57. The fraction of sp³-hybridized carbons (Fsp3) is 1.00. The second kappa shape index (κ2) is 24.8. The van der Waals surface area contributed by atoms with Gasteiger partial charge in [0.2, 0.25) is 0 Å². The molecule has 1 aliphatic heterocycles. The fourth-order valence-corrected chi connectivity index (χ4v) is 7.89. The molecule has 0 amide bonds. The lowest BCUT2D eigenvalue weighted by Crippen LogP contribution is -2.34. The Kier molecular flexibility index (Phi) is 24.2. The molecule has 1 aliphatic rings. The molecular formula is C27H57O3P3. The molecule has 0 aliphatic carbocycles. The van der Waals surface area contributed by atoms with E-state index < -0.39 is 0 Å². The molecule has 0 bridgehead atoms. The van der Waals surface area contributed by atoms with Crippen molar-refractivity contribution in [3.05, 3.63) is 0 Å². The van der Waals surface area contributed by atoms with E-state index in [-0.39, 0.29) is 18.1 Å². The molecule has 1 rings (SSSR count). The third kappa shape index (κ3) is 20.0. The molecule has 3 nitrogen and oxygen atoms in total. The smallest absolute Gasteiger partial charge is 0.180 e. The summed E-state index contributed by atoms with van der Waals surface area (Å²) in [6, 6.07) is -0.0458. The predicted octanol–water partition coefficient (Wildman–Crippen LogP) is 10.0. The van der Waals surface area contributed by atoms with E-state index in [9.17, 15) is 0 Å². The molecule has 198 valence electrons. The van der Waals surface area contributed by atoms with Gasteiger partial charge in [-0.3, -0.25) is 0 Å². The largest absolute Gasteiger partial charge is 0.316 e. The molecule has 3 atom stereocenters. The minimum atomic E-state index is -0.0153. The van der Waals surface area contributed by atoms with E-state index in [2.05, 4.69) is 20.8 Å². The Labute approximate surface area is 212 Å². The van der Waals surface area contributed by atoms with Gasteiger partial charge in [0.1, 0.15) is 0 Å². The maximum atomic E-state index is 6.26. The molecule has 1 heterocycles. The molecular weight excluding hydrogens is 465 g/mol. The normalized spacial score (nSPS) is 22.1. The predicted molar refractivity (Wildman–Crippen MR) is 154 cm³/mol. The molecule has 3 unspecified atom stereocenters. The van der Waals surface area contributed by atoms with Crippen LogP contribution in [0.4, 0.5) is 0 Å². The molecule has 0 aromatic carbocycles. The van der Waals surface area contributed by atoms with E-state index in [0.29, 0.717) is 0 Å². The minimum Gasteiger partial charge on any atom is -0.316 e. The van der Waals surface area contributed by atoms with Crippen LogP contribution in [0, 0.1) is 0 Å². The summed E-state index contributed by atoms with van der Waals surface area (Å²) < 4.78 is 18.8. The van der Waals surface area contributed by atoms with Crippen LogP contribution in [0.3, 0.4) is 0 Å². The Morgan fingerprint density at radius 1 is 0.364 bits per heavy atom. The third-order valence-corrected chi connectivity index (χ3v) is 10.0. The Balaban J connectivity index is 2.27. The molecule has 1 fully saturated rings. The molecule has 33 heavy (non-hydrogen) atoms. The van der Waals surface area contributed by atoms with Gasteiger partial charge in [-0.05, 0) is 37.7 Å². The van der Waals surface area contributed by atoms with Crippen molar-refractivity contribution in [2.45, 2.75) is 154 Å². The van der Waals surface area contributed by atoms with Gasteiger partial charge in [-0.1, -0.05) is 143 Å². The van der Waals surface area contributed by atoms with Crippen LogP contribution < -0.4 is 0 Å². The van der Waals surface area contributed by atoms with Crippen molar-refractivity contribution in [2.75, 3.05) is 18.5 Å². The molecule has 0 spiro atoms. The van der Waals surface area contributed by atoms with Gasteiger partial charge in [-0.15, -0.1) is 0 Å². The molecule has 1 saturated heterocycles. The SMILES string of the molecule is CCCCCCCCPC1OC(PCCCCCCCC)OC(PCCCCCCCC)O1. The summed E-state index contributed by atoms with van der Waals surface area (Å²) >= 11 is 0. The van der Waals surface area contributed by atoms with Crippen LogP contribution in [0.5, 0.6) is 0 Å². The van der Waals surface area contributed by atoms with Gasteiger partial charge in [0.15, 0.2) is 18.1 Å². The standard InChI is InChI=1S/C27H57O3P3/c1-4-7-10-13-16-19-22-31-25-28-26(32-23-20-17-14-11-8-5-2)30-27(29-25)33-24-21-18-15-12-9-6-3/h25-27,31-33H,4-24H2,1-3H3. The third-order valence-electron chi connectivity index (χ3n) is 6.27. The Morgan fingerprint density at radius 2 is 0.606 bits per heavy atom. The van der Waals surface area contributed by atoms with E-state index >= 15 is 0 Å². The highest BCUT2D eigenvalue weighted by atomic mass is 31.1. The number of ether oxygens (including phenoxy) is 3. The van der Waals surface area contributed by atoms with Gasteiger partial charge in [0.05, 0.1) is 0 Å². The van der Waals surface area contributed by atoms with Crippen LogP contribution in [0.15, 0.2) is 0 Å². The van der Waals surface area contributed by atoms with Crippen LogP contribution in [0.2, 0.25) is 0 Å². The Bertz CT molecular complexity index is 338. The molecule has 0 saturated carbocycles. The topological polar surface area (TPSA) is 27.7 Å². The van der Waals surface area contributed by atoms with Gasteiger partial charge in [0, 0.05) is 0 Å². The molecule has 6 heteroatoms. The van der Waals surface area contributed by atoms with Gasteiger partial charge in [0.25, 0.3) is 0 Å². The first-order valence-corrected chi connectivity index (χ1v) is 18.3. The average molecular weight is 523 g/mol. The number of rotatable bonds is 24. The highest BCUT2D eigenvalue weighted by Gasteiger charge is 2.29. The summed E-state index contributed by atoms with van der Waals surface area (Å²) in [5, 5.41) is 0. The first-order valence-electron chi connectivity index (χ1n) is 14.5. The lowest BCUT2D eigenvalue weighted by atomic mass is 10.1. The number of hydrogen-bond donors (Lipinski definition) is 0. The summed E-state index contributed by atoms with van der Waals surface area (Å²) in [6.45, 7) is 6.86. The summed E-state index contributed by atoms with van der Waals surface area (Å²) in [6.07, 6.45) is 28.3. The zero-order chi connectivity index (χ0) is 23.8. The lowest BCUT2D eigenvalue weighted by Gasteiger charge is -2.36. The molecule has 0 aromatic rings. The number of hydrogen-bond acceptors (Lipinski definition) is 3. The van der Waals surface area contributed by atoms with Crippen molar-refractivity contribution in [1.82, 2.24) is 0 Å². The molecule has 0 aromatic heterocycles. The van der Waals surface area contributed by atoms with Crippen LogP contribution >= 0.6 is 25.7 Å². The van der Waals surface area contributed by atoms with E-state index in [1.807, 2.05) is 0 Å². The van der Waals surface area contributed by atoms with E-state index in [4.69, 9.17) is 14.2 Å².